The molecule has 1 aromatic carbocycles. The molecule has 0 aliphatic rings. The molecule has 0 unspecified atom stereocenters. The van der Waals surface area contributed by atoms with E-state index in [2.05, 4.69) is 26.2 Å². The number of nitriles is 1. The minimum Gasteiger partial charge on any atom is -0.573 e. The zero-order valence-corrected chi connectivity index (χ0v) is 16.6. The molecule has 0 aliphatic heterocycles. The maximum absolute atomic E-state index is 13.2. The average molecular weight is 552 g/mol. The second-order valence-electron chi connectivity index (χ2n) is 5.20. The topological polar surface area (TPSA) is 76.6 Å². The van der Waals surface area contributed by atoms with E-state index < -0.39 is 11.6 Å². The van der Waals surface area contributed by atoms with E-state index in [0.717, 1.165) is 17.8 Å². The molecule has 28 heavy (non-hydrogen) atoms. The summed E-state index contributed by atoms with van der Waals surface area (Å²) in [6.07, 6.45) is 3.22. The first-order chi connectivity index (χ1) is 13.2. The standard InChI is InChI=1S/C11H6F2N.C9H5N4.Ir/c12-8-4-5-9(10(13)7-8)11-3-1-2-6-14-11;10-6-7-5-9(13-12-7)8-3-1-2-4-11-8;/h1-4,6-7H;1-5H;/q2*-1;. The predicted octanol–water partition coefficient (Wildman–Crippen LogP) is 3.80. The minimum absolute atomic E-state index is 0. The van der Waals surface area contributed by atoms with Gasteiger partial charge in [-0.1, -0.05) is 35.5 Å². The molecule has 4 aromatic rings. The van der Waals surface area contributed by atoms with Crippen molar-refractivity contribution in [3.63, 3.8) is 0 Å². The number of hydrogen-bond acceptors (Lipinski definition) is 4. The summed E-state index contributed by atoms with van der Waals surface area (Å²) in [4.78, 5) is 8.03. The van der Waals surface area contributed by atoms with Gasteiger partial charge in [0.25, 0.3) is 0 Å². The minimum atomic E-state index is -0.649. The van der Waals surface area contributed by atoms with E-state index in [1.54, 1.807) is 36.7 Å². The Bertz CT molecular complexity index is 1060. The third kappa shape index (κ3) is 5.36. The third-order valence-electron chi connectivity index (χ3n) is 3.36. The largest absolute Gasteiger partial charge is 0.573 e. The Kier molecular flexibility index (Phi) is 7.64. The van der Waals surface area contributed by atoms with Crippen molar-refractivity contribution in [2.45, 2.75) is 0 Å². The fraction of sp³-hybridized carbons (Fsp3) is 0. The van der Waals surface area contributed by atoms with Crippen LogP contribution in [0.1, 0.15) is 5.69 Å². The molecule has 0 amide bonds. The number of pyridine rings is 2. The van der Waals surface area contributed by atoms with Crippen LogP contribution in [0.15, 0.2) is 67.0 Å². The molecule has 0 saturated heterocycles. The van der Waals surface area contributed by atoms with Crippen LogP contribution in [0.25, 0.3) is 22.6 Å². The van der Waals surface area contributed by atoms with Gasteiger partial charge in [-0.05, 0) is 30.0 Å². The average Bonchev–Trinajstić information content (AvgIpc) is 3.19. The summed E-state index contributed by atoms with van der Waals surface area (Å²) >= 11 is 0. The van der Waals surface area contributed by atoms with Crippen LogP contribution in [0.2, 0.25) is 0 Å². The van der Waals surface area contributed by atoms with E-state index in [1.165, 1.54) is 0 Å². The fourth-order valence-corrected chi connectivity index (χ4v) is 2.14. The van der Waals surface area contributed by atoms with Crippen molar-refractivity contribution >= 4 is 0 Å². The molecule has 5 nitrogen and oxygen atoms in total. The van der Waals surface area contributed by atoms with Gasteiger partial charge < -0.3 is 15.2 Å². The molecule has 3 aromatic heterocycles. The summed E-state index contributed by atoms with van der Waals surface area (Å²) < 4.78 is 25.8. The Balaban J connectivity index is 0.000000194. The molecule has 0 aliphatic carbocycles. The quantitative estimate of drug-likeness (QED) is 0.355. The maximum atomic E-state index is 13.2. The molecule has 8 heteroatoms. The van der Waals surface area contributed by atoms with Gasteiger partial charge in [0.2, 0.25) is 0 Å². The molecule has 1 radical (unpaired) electrons. The molecule has 4 rings (SSSR count). The Morgan fingerprint density at radius 1 is 0.964 bits per heavy atom. The number of benzene rings is 1. The summed E-state index contributed by atoms with van der Waals surface area (Å²) in [6.45, 7) is 0. The summed E-state index contributed by atoms with van der Waals surface area (Å²) in [7, 11) is 0. The van der Waals surface area contributed by atoms with Gasteiger partial charge in [-0.2, -0.15) is 5.26 Å². The van der Waals surface area contributed by atoms with Crippen molar-refractivity contribution in [3.8, 4) is 28.7 Å². The monoisotopic (exact) mass is 552 g/mol. The molecule has 0 atom stereocenters. The van der Waals surface area contributed by atoms with E-state index >= 15 is 0 Å². The van der Waals surface area contributed by atoms with Crippen LogP contribution >= 0.6 is 0 Å². The second kappa shape index (κ2) is 10.2. The van der Waals surface area contributed by atoms with Gasteiger partial charge in [0.15, 0.2) is 0 Å². The molecule has 0 bridgehead atoms. The van der Waals surface area contributed by atoms with Gasteiger partial charge in [0.1, 0.15) is 11.8 Å². The van der Waals surface area contributed by atoms with Gasteiger partial charge in [-0.25, -0.2) is 0 Å². The van der Waals surface area contributed by atoms with Crippen molar-refractivity contribution in [2.75, 3.05) is 0 Å². The molecule has 141 valence electrons. The van der Waals surface area contributed by atoms with Crippen molar-refractivity contribution in [3.05, 3.63) is 90.4 Å². The normalized spacial score (nSPS) is 9.46. The number of halogens is 2. The van der Waals surface area contributed by atoms with Gasteiger partial charge in [-0.15, -0.1) is 12.1 Å². The maximum Gasteiger partial charge on any atom is 0.119 e. The van der Waals surface area contributed by atoms with Crippen LogP contribution in [0.4, 0.5) is 8.78 Å². The fourth-order valence-electron chi connectivity index (χ4n) is 2.14. The van der Waals surface area contributed by atoms with Crippen LogP contribution in [-0.2, 0) is 20.1 Å². The first-order valence-electron chi connectivity index (χ1n) is 7.77. The zero-order chi connectivity index (χ0) is 19.1. The van der Waals surface area contributed by atoms with Gasteiger partial charge in [-0.3, -0.25) is 13.8 Å². The molecular formula is C20H11F2IrN5-2. The Hall–Kier alpha value is -3.27. The van der Waals surface area contributed by atoms with Crippen LogP contribution in [-0.4, -0.2) is 15.1 Å². The van der Waals surface area contributed by atoms with Crippen molar-refractivity contribution in [2.24, 2.45) is 0 Å². The first kappa shape index (κ1) is 21.0. The number of nitrogens with zero attached hydrogens (tertiary/aromatic N) is 5. The van der Waals surface area contributed by atoms with Crippen molar-refractivity contribution < 1.29 is 28.9 Å². The van der Waals surface area contributed by atoms with Gasteiger partial charge in [0.05, 0.1) is 0 Å². The third-order valence-corrected chi connectivity index (χ3v) is 3.36. The predicted molar refractivity (Wildman–Crippen MR) is 93.9 cm³/mol. The molecule has 0 fully saturated rings. The molecule has 3 heterocycles. The van der Waals surface area contributed by atoms with Crippen LogP contribution in [0.5, 0.6) is 0 Å². The van der Waals surface area contributed by atoms with E-state index in [-0.39, 0.29) is 25.7 Å². The molecule has 0 saturated carbocycles. The Labute approximate surface area is 173 Å². The summed E-state index contributed by atoms with van der Waals surface area (Å²) in [5, 5.41) is 16.0. The molecule has 0 N–H and O–H groups in total. The molecular weight excluding hydrogens is 540 g/mol. The first-order valence-corrected chi connectivity index (χ1v) is 7.77. The van der Waals surface area contributed by atoms with Crippen molar-refractivity contribution in [1.82, 2.24) is 20.2 Å². The number of hydrogen-bond donors (Lipinski definition) is 0. The van der Waals surface area contributed by atoms with Gasteiger partial charge >= 0.3 is 0 Å². The van der Waals surface area contributed by atoms with Crippen LogP contribution in [0, 0.1) is 29.0 Å². The Morgan fingerprint density at radius 2 is 1.64 bits per heavy atom. The SMILES string of the molecule is Fc1c[c-]c(-c2ccccn2)c(F)c1.N#Cc1cc(-c2ccccn2)[n-]n1.[Ir]. The zero-order valence-electron chi connectivity index (χ0n) is 14.2. The van der Waals surface area contributed by atoms with Crippen LogP contribution in [0.3, 0.4) is 0 Å². The van der Waals surface area contributed by atoms with Gasteiger partial charge in [0, 0.05) is 49.8 Å². The van der Waals surface area contributed by atoms with Crippen LogP contribution < -0.4 is 5.10 Å². The Morgan fingerprint density at radius 3 is 2.18 bits per heavy atom. The summed E-state index contributed by atoms with van der Waals surface area (Å²) in [6, 6.07) is 18.6. The summed E-state index contributed by atoms with van der Waals surface area (Å²) in [5.74, 6) is -1.29. The smallest absolute Gasteiger partial charge is 0.119 e. The van der Waals surface area contributed by atoms with Crippen molar-refractivity contribution in [1.29, 1.82) is 5.26 Å². The van der Waals surface area contributed by atoms with E-state index in [0.29, 0.717) is 17.1 Å². The second-order valence-corrected chi connectivity index (χ2v) is 5.20. The van der Waals surface area contributed by atoms with E-state index in [4.69, 9.17) is 5.26 Å². The number of aromatic nitrogens is 4. The molecule has 0 spiro atoms. The van der Waals surface area contributed by atoms with E-state index in [9.17, 15) is 8.78 Å². The number of rotatable bonds is 2. The van der Waals surface area contributed by atoms with E-state index in [1.807, 2.05) is 24.3 Å². The summed E-state index contributed by atoms with van der Waals surface area (Å²) in [5.41, 5.74) is 2.33.